The van der Waals surface area contributed by atoms with Gasteiger partial charge in [-0.2, -0.15) is 4.80 Å². The summed E-state index contributed by atoms with van der Waals surface area (Å²) >= 11 is 0. The number of carbonyl (C=O) groups excluding carboxylic acids is 1. The molecule has 0 bridgehead atoms. The van der Waals surface area contributed by atoms with E-state index in [0.29, 0.717) is 16.7 Å². The van der Waals surface area contributed by atoms with Crippen molar-refractivity contribution in [3.63, 3.8) is 0 Å². The van der Waals surface area contributed by atoms with Gasteiger partial charge in [0.15, 0.2) is 0 Å². The molecule has 0 saturated heterocycles. The highest BCUT2D eigenvalue weighted by Gasteiger charge is 2.07. The van der Waals surface area contributed by atoms with Crippen LogP contribution >= 0.6 is 0 Å². The van der Waals surface area contributed by atoms with Crippen molar-refractivity contribution in [3.8, 4) is 11.4 Å². The maximum Gasteiger partial charge on any atom is 0.250 e. The van der Waals surface area contributed by atoms with E-state index < -0.39 is 12.5 Å². The average Bonchev–Trinajstić information content (AvgIpc) is 2.98. The van der Waals surface area contributed by atoms with Crippen LogP contribution in [0.15, 0.2) is 42.5 Å². The molecule has 0 radical (unpaired) electrons. The van der Waals surface area contributed by atoms with Crippen LogP contribution in [-0.4, -0.2) is 39.7 Å². The Labute approximate surface area is 126 Å². The first kappa shape index (κ1) is 14.0. The minimum Gasteiger partial charge on any atom is -0.497 e. The second-order valence-corrected chi connectivity index (χ2v) is 4.60. The summed E-state index contributed by atoms with van der Waals surface area (Å²) < 4.78 is 5.12. The molecule has 0 aliphatic carbocycles. The van der Waals surface area contributed by atoms with Crippen molar-refractivity contribution in [2.75, 3.05) is 19.0 Å². The second-order valence-electron chi connectivity index (χ2n) is 4.60. The third kappa shape index (κ3) is 2.75. The molecule has 2 N–H and O–H groups in total. The molecule has 0 aliphatic rings. The van der Waals surface area contributed by atoms with E-state index in [4.69, 9.17) is 9.84 Å². The van der Waals surface area contributed by atoms with Crippen molar-refractivity contribution in [3.05, 3.63) is 42.5 Å². The molecule has 22 heavy (non-hydrogen) atoms. The molecule has 7 heteroatoms. The van der Waals surface area contributed by atoms with Gasteiger partial charge >= 0.3 is 0 Å². The Morgan fingerprint density at radius 3 is 2.59 bits per heavy atom. The molecule has 3 rings (SSSR count). The molecule has 0 spiro atoms. The molecule has 7 nitrogen and oxygen atoms in total. The lowest BCUT2D eigenvalue weighted by atomic mass is 10.3. The highest BCUT2D eigenvalue weighted by atomic mass is 16.5. The van der Waals surface area contributed by atoms with Crippen LogP contribution in [0.1, 0.15) is 0 Å². The first-order chi connectivity index (χ1) is 10.7. The maximum absolute atomic E-state index is 11.2. The van der Waals surface area contributed by atoms with E-state index >= 15 is 0 Å². The molecular formula is C15H14N4O3. The number of aromatic nitrogens is 3. The minimum atomic E-state index is -0.559. The summed E-state index contributed by atoms with van der Waals surface area (Å²) in [6.07, 6.45) is 0. The highest BCUT2D eigenvalue weighted by Crippen LogP contribution is 2.19. The number of hydrogen-bond acceptors (Lipinski definition) is 5. The number of nitrogens with one attached hydrogen (secondary N) is 1. The molecule has 0 aliphatic heterocycles. The number of carbonyl (C=O) groups is 1. The molecule has 2 aromatic carbocycles. The number of anilines is 1. The standard InChI is InChI=1S/C15H14N4O3/c1-22-12-5-3-11(4-6-12)19-17-13-7-2-10(8-14(13)18-19)16-15(21)9-20/h2-8,20H,9H2,1H3,(H,16,21). The lowest BCUT2D eigenvalue weighted by Gasteiger charge is -2.01. The number of methoxy groups -OCH3 is 1. The molecule has 1 heterocycles. The van der Waals surface area contributed by atoms with Crippen LogP contribution in [0.4, 0.5) is 5.69 Å². The molecule has 0 saturated carbocycles. The molecule has 0 unspecified atom stereocenters. The molecule has 1 amide bonds. The van der Waals surface area contributed by atoms with Crippen molar-refractivity contribution in [1.29, 1.82) is 0 Å². The Balaban J connectivity index is 1.93. The van der Waals surface area contributed by atoms with Crippen LogP contribution in [0.5, 0.6) is 5.75 Å². The molecule has 0 fully saturated rings. The Hall–Kier alpha value is -2.93. The zero-order chi connectivity index (χ0) is 15.5. The number of fused-ring (bicyclic) bond motifs is 1. The summed E-state index contributed by atoms with van der Waals surface area (Å²) in [7, 11) is 1.61. The van der Waals surface area contributed by atoms with Gasteiger partial charge < -0.3 is 15.2 Å². The number of benzene rings is 2. The van der Waals surface area contributed by atoms with Gasteiger partial charge in [-0.1, -0.05) is 0 Å². The van der Waals surface area contributed by atoms with E-state index in [-0.39, 0.29) is 0 Å². The van der Waals surface area contributed by atoms with Gasteiger partial charge in [-0.25, -0.2) is 0 Å². The summed E-state index contributed by atoms with van der Waals surface area (Å²) in [6.45, 7) is -0.559. The van der Waals surface area contributed by atoms with Gasteiger partial charge in [0.05, 0.1) is 12.8 Å². The van der Waals surface area contributed by atoms with Crippen LogP contribution in [0.25, 0.3) is 16.7 Å². The first-order valence-electron chi connectivity index (χ1n) is 6.62. The van der Waals surface area contributed by atoms with E-state index in [1.54, 1.807) is 25.3 Å². The number of aliphatic hydroxyl groups is 1. The third-order valence-electron chi connectivity index (χ3n) is 3.11. The van der Waals surface area contributed by atoms with Crippen molar-refractivity contribution in [2.45, 2.75) is 0 Å². The van der Waals surface area contributed by atoms with E-state index in [0.717, 1.165) is 11.4 Å². The Kier molecular flexibility index (Phi) is 3.71. The Morgan fingerprint density at radius 1 is 1.18 bits per heavy atom. The fourth-order valence-electron chi connectivity index (χ4n) is 2.02. The number of hydrogen-bond donors (Lipinski definition) is 2. The normalized spacial score (nSPS) is 10.6. The van der Waals surface area contributed by atoms with Crippen LogP contribution in [-0.2, 0) is 4.79 Å². The molecule has 1 aromatic heterocycles. The predicted octanol–water partition coefficient (Wildman–Crippen LogP) is 1.36. The first-order valence-corrected chi connectivity index (χ1v) is 6.62. The largest absolute Gasteiger partial charge is 0.497 e. The van der Waals surface area contributed by atoms with Crippen LogP contribution < -0.4 is 10.1 Å². The lowest BCUT2D eigenvalue weighted by Crippen LogP contribution is -2.15. The van der Waals surface area contributed by atoms with Gasteiger partial charge in [0.2, 0.25) is 5.91 Å². The number of rotatable bonds is 4. The van der Waals surface area contributed by atoms with E-state index in [1.165, 1.54) is 4.80 Å². The number of aliphatic hydroxyl groups excluding tert-OH is 1. The number of ether oxygens (including phenoxy) is 1. The topological polar surface area (TPSA) is 89.3 Å². The monoisotopic (exact) mass is 298 g/mol. The number of nitrogens with zero attached hydrogens (tertiary/aromatic N) is 3. The van der Waals surface area contributed by atoms with Gasteiger partial charge in [0.1, 0.15) is 23.4 Å². The molecular weight excluding hydrogens is 284 g/mol. The van der Waals surface area contributed by atoms with Crippen molar-refractivity contribution < 1.29 is 14.6 Å². The second kappa shape index (κ2) is 5.82. The zero-order valence-corrected chi connectivity index (χ0v) is 11.9. The van der Waals surface area contributed by atoms with Crippen LogP contribution in [0.3, 0.4) is 0 Å². The summed E-state index contributed by atoms with van der Waals surface area (Å²) in [6, 6.07) is 12.5. The van der Waals surface area contributed by atoms with Crippen molar-refractivity contribution in [2.24, 2.45) is 0 Å². The third-order valence-corrected chi connectivity index (χ3v) is 3.11. The Bertz CT molecular complexity index is 811. The van der Waals surface area contributed by atoms with Crippen molar-refractivity contribution >= 4 is 22.6 Å². The Morgan fingerprint density at radius 2 is 1.91 bits per heavy atom. The average molecular weight is 298 g/mol. The van der Waals surface area contributed by atoms with Gasteiger partial charge in [0, 0.05) is 5.69 Å². The van der Waals surface area contributed by atoms with Crippen LogP contribution in [0, 0.1) is 0 Å². The van der Waals surface area contributed by atoms with Gasteiger partial charge in [0.25, 0.3) is 0 Å². The summed E-state index contributed by atoms with van der Waals surface area (Å²) in [4.78, 5) is 12.7. The van der Waals surface area contributed by atoms with E-state index in [9.17, 15) is 4.79 Å². The van der Waals surface area contributed by atoms with E-state index in [2.05, 4.69) is 15.5 Å². The van der Waals surface area contributed by atoms with Gasteiger partial charge in [-0.05, 0) is 42.5 Å². The molecule has 112 valence electrons. The van der Waals surface area contributed by atoms with Gasteiger partial charge in [-0.15, -0.1) is 10.2 Å². The summed E-state index contributed by atoms with van der Waals surface area (Å²) in [5.41, 5.74) is 2.72. The summed E-state index contributed by atoms with van der Waals surface area (Å²) in [5.74, 6) is 0.288. The quantitative estimate of drug-likeness (QED) is 0.759. The lowest BCUT2D eigenvalue weighted by molar-refractivity contribution is -0.118. The fraction of sp³-hybridized carbons (Fsp3) is 0.133. The van der Waals surface area contributed by atoms with Crippen molar-refractivity contribution in [1.82, 2.24) is 15.0 Å². The predicted molar refractivity (Wildman–Crippen MR) is 81.1 cm³/mol. The zero-order valence-electron chi connectivity index (χ0n) is 11.9. The molecule has 0 atom stereocenters. The van der Waals surface area contributed by atoms with E-state index in [1.807, 2.05) is 24.3 Å². The fourth-order valence-corrected chi connectivity index (χ4v) is 2.02. The highest BCUT2D eigenvalue weighted by molar-refractivity contribution is 5.93. The maximum atomic E-state index is 11.2. The summed E-state index contributed by atoms with van der Waals surface area (Å²) in [5, 5.41) is 20.1. The smallest absolute Gasteiger partial charge is 0.250 e. The minimum absolute atomic E-state index is 0.470. The van der Waals surface area contributed by atoms with Crippen LogP contribution in [0.2, 0.25) is 0 Å². The van der Waals surface area contributed by atoms with Gasteiger partial charge in [-0.3, -0.25) is 4.79 Å². The SMILES string of the molecule is COc1ccc(-n2nc3ccc(NC(=O)CO)cc3n2)cc1. The number of amides is 1. The molecule has 3 aromatic rings.